The van der Waals surface area contributed by atoms with E-state index in [0.717, 1.165) is 0 Å². The molecular formula is C12H12ClFO2. The molecule has 0 unspecified atom stereocenters. The maximum Gasteiger partial charge on any atom is 0.340 e. The van der Waals surface area contributed by atoms with E-state index < -0.39 is 11.8 Å². The minimum Gasteiger partial charge on any atom is -0.465 e. The fourth-order valence-electron chi connectivity index (χ4n) is 1.22. The van der Waals surface area contributed by atoms with Crippen molar-refractivity contribution in [1.82, 2.24) is 0 Å². The lowest BCUT2D eigenvalue weighted by atomic mass is 10.1. The summed E-state index contributed by atoms with van der Waals surface area (Å²) < 4.78 is 18.2. The zero-order valence-corrected chi connectivity index (χ0v) is 9.63. The molecule has 1 rings (SSSR count). The first-order chi connectivity index (χ1) is 7.70. The Morgan fingerprint density at radius 1 is 1.56 bits per heavy atom. The quantitative estimate of drug-likeness (QED) is 0.598. The number of hydrogen-bond donors (Lipinski definition) is 0. The van der Waals surface area contributed by atoms with Gasteiger partial charge in [0.15, 0.2) is 0 Å². The van der Waals surface area contributed by atoms with Gasteiger partial charge in [-0.1, -0.05) is 24.3 Å². The first kappa shape index (κ1) is 12.7. The van der Waals surface area contributed by atoms with Gasteiger partial charge in [-0.3, -0.25) is 0 Å². The van der Waals surface area contributed by atoms with Crippen molar-refractivity contribution in [3.63, 3.8) is 0 Å². The standard InChI is InChI=1S/C12H12ClFO2/c1-16-12(15)10-7-4-6-9(11(10)14)5-2-3-8-13/h2,4-7H,3,8H2,1H3. The Balaban J connectivity index is 2.99. The number of carbonyl (C=O) groups excluding carboxylic acids is 1. The predicted molar refractivity (Wildman–Crippen MR) is 62.1 cm³/mol. The minimum atomic E-state index is -0.676. The summed E-state index contributed by atoms with van der Waals surface area (Å²) in [4.78, 5) is 11.2. The number of hydrogen-bond acceptors (Lipinski definition) is 2. The lowest BCUT2D eigenvalue weighted by molar-refractivity contribution is 0.0595. The summed E-state index contributed by atoms with van der Waals surface area (Å²) >= 11 is 5.49. The second-order valence-electron chi connectivity index (χ2n) is 3.08. The Kier molecular flexibility index (Phi) is 4.99. The summed E-state index contributed by atoms with van der Waals surface area (Å²) in [5.74, 6) is -0.764. The van der Waals surface area contributed by atoms with Gasteiger partial charge in [0, 0.05) is 11.4 Å². The molecular weight excluding hydrogens is 231 g/mol. The number of methoxy groups -OCH3 is 1. The second kappa shape index (κ2) is 6.28. The van der Waals surface area contributed by atoms with E-state index in [1.807, 2.05) is 0 Å². The highest BCUT2D eigenvalue weighted by molar-refractivity contribution is 6.17. The number of halogens is 2. The molecule has 0 bridgehead atoms. The third kappa shape index (κ3) is 3.07. The lowest BCUT2D eigenvalue weighted by Crippen LogP contribution is -2.05. The van der Waals surface area contributed by atoms with Crippen molar-refractivity contribution < 1.29 is 13.9 Å². The second-order valence-corrected chi connectivity index (χ2v) is 3.46. The van der Waals surface area contributed by atoms with E-state index in [9.17, 15) is 9.18 Å². The molecule has 0 atom stereocenters. The van der Waals surface area contributed by atoms with Crippen molar-refractivity contribution in [1.29, 1.82) is 0 Å². The summed E-state index contributed by atoms with van der Waals surface area (Å²) in [7, 11) is 1.22. The maximum absolute atomic E-state index is 13.8. The Hall–Kier alpha value is -1.35. The van der Waals surface area contributed by atoms with E-state index >= 15 is 0 Å². The van der Waals surface area contributed by atoms with Crippen LogP contribution in [0.2, 0.25) is 0 Å². The molecule has 86 valence electrons. The van der Waals surface area contributed by atoms with Crippen LogP contribution in [0.15, 0.2) is 24.3 Å². The average Bonchev–Trinajstić information content (AvgIpc) is 2.30. The fourth-order valence-corrected chi connectivity index (χ4v) is 1.35. The average molecular weight is 243 g/mol. The smallest absolute Gasteiger partial charge is 0.340 e. The van der Waals surface area contributed by atoms with Crippen LogP contribution < -0.4 is 0 Å². The molecule has 0 amide bonds. The lowest BCUT2D eigenvalue weighted by Gasteiger charge is -2.03. The highest BCUT2D eigenvalue weighted by atomic mass is 35.5. The molecule has 0 saturated carbocycles. The van der Waals surface area contributed by atoms with Gasteiger partial charge in [-0.15, -0.1) is 11.6 Å². The van der Waals surface area contributed by atoms with E-state index in [4.69, 9.17) is 11.6 Å². The molecule has 1 aromatic rings. The van der Waals surface area contributed by atoms with Crippen LogP contribution in [0.4, 0.5) is 4.39 Å². The molecule has 16 heavy (non-hydrogen) atoms. The van der Waals surface area contributed by atoms with E-state index in [0.29, 0.717) is 17.9 Å². The Bertz CT molecular complexity index is 402. The largest absolute Gasteiger partial charge is 0.465 e. The third-order valence-corrected chi connectivity index (χ3v) is 2.23. The number of carbonyl (C=O) groups is 1. The van der Waals surface area contributed by atoms with Gasteiger partial charge in [0.2, 0.25) is 0 Å². The molecule has 0 aliphatic heterocycles. The molecule has 0 radical (unpaired) electrons. The Labute approximate surface area is 98.7 Å². The highest BCUT2D eigenvalue weighted by Gasteiger charge is 2.13. The van der Waals surface area contributed by atoms with Crippen LogP contribution in [0.25, 0.3) is 6.08 Å². The van der Waals surface area contributed by atoms with E-state index in [1.54, 1.807) is 24.3 Å². The van der Waals surface area contributed by atoms with Gasteiger partial charge in [0.05, 0.1) is 12.7 Å². The van der Waals surface area contributed by atoms with Gasteiger partial charge >= 0.3 is 5.97 Å². The SMILES string of the molecule is COC(=O)c1cccc(C=CCCCl)c1F. The molecule has 0 heterocycles. The van der Waals surface area contributed by atoms with Crippen molar-refractivity contribution in [3.8, 4) is 0 Å². The number of rotatable bonds is 4. The number of ether oxygens (including phenoxy) is 1. The van der Waals surface area contributed by atoms with Crippen LogP contribution in [0.5, 0.6) is 0 Å². The normalized spacial score (nSPS) is 10.7. The van der Waals surface area contributed by atoms with Crippen molar-refractivity contribution in [2.24, 2.45) is 0 Å². The molecule has 2 nitrogen and oxygen atoms in total. The molecule has 0 aliphatic carbocycles. The molecule has 0 fully saturated rings. The molecule has 0 N–H and O–H groups in total. The first-order valence-electron chi connectivity index (χ1n) is 4.80. The zero-order valence-electron chi connectivity index (χ0n) is 8.87. The molecule has 0 saturated heterocycles. The van der Waals surface area contributed by atoms with Gasteiger partial charge in [-0.25, -0.2) is 9.18 Å². The summed E-state index contributed by atoms with van der Waals surface area (Å²) in [6.07, 6.45) is 4.01. The minimum absolute atomic E-state index is 0.0597. The van der Waals surface area contributed by atoms with Gasteiger partial charge < -0.3 is 4.74 Å². The number of esters is 1. The van der Waals surface area contributed by atoms with Gasteiger partial charge in [0.1, 0.15) is 5.82 Å². The van der Waals surface area contributed by atoms with Crippen LogP contribution in [0.1, 0.15) is 22.3 Å². The van der Waals surface area contributed by atoms with Crippen molar-refractivity contribution in [2.75, 3.05) is 13.0 Å². The Morgan fingerprint density at radius 2 is 2.31 bits per heavy atom. The van der Waals surface area contributed by atoms with Gasteiger partial charge in [0.25, 0.3) is 0 Å². The number of alkyl halides is 1. The van der Waals surface area contributed by atoms with E-state index in [-0.39, 0.29) is 5.56 Å². The molecule has 0 spiro atoms. The van der Waals surface area contributed by atoms with Gasteiger partial charge in [-0.2, -0.15) is 0 Å². The fraction of sp³-hybridized carbons (Fsp3) is 0.250. The predicted octanol–water partition coefficient (Wildman–Crippen LogP) is 3.25. The summed E-state index contributed by atoms with van der Waals surface area (Å²) in [5, 5.41) is 0. The monoisotopic (exact) mass is 242 g/mol. The molecule has 0 aromatic heterocycles. The topological polar surface area (TPSA) is 26.3 Å². The van der Waals surface area contributed by atoms with Crippen molar-refractivity contribution in [2.45, 2.75) is 6.42 Å². The highest BCUT2D eigenvalue weighted by Crippen LogP contribution is 2.15. The van der Waals surface area contributed by atoms with Gasteiger partial charge in [-0.05, 0) is 12.5 Å². The van der Waals surface area contributed by atoms with Crippen LogP contribution in [0.3, 0.4) is 0 Å². The Morgan fingerprint density at radius 3 is 2.94 bits per heavy atom. The number of allylic oxidation sites excluding steroid dienone is 1. The number of benzene rings is 1. The van der Waals surface area contributed by atoms with Crippen molar-refractivity contribution in [3.05, 3.63) is 41.2 Å². The summed E-state index contributed by atoms with van der Waals surface area (Å²) in [6, 6.07) is 4.59. The molecule has 1 aromatic carbocycles. The van der Waals surface area contributed by atoms with Crippen LogP contribution in [0, 0.1) is 5.82 Å². The van der Waals surface area contributed by atoms with Crippen LogP contribution in [-0.2, 0) is 4.74 Å². The molecule has 4 heteroatoms. The van der Waals surface area contributed by atoms with Crippen molar-refractivity contribution >= 4 is 23.6 Å². The van der Waals surface area contributed by atoms with Crippen LogP contribution >= 0.6 is 11.6 Å². The molecule has 0 aliphatic rings. The maximum atomic E-state index is 13.8. The van der Waals surface area contributed by atoms with Crippen LogP contribution in [-0.4, -0.2) is 19.0 Å². The zero-order chi connectivity index (χ0) is 12.0. The third-order valence-electron chi connectivity index (χ3n) is 2.01. The summed E-state index contributed by atoms with van der Waals surface area (Å²) in [6.45, 7) is 0. The van der Waals surface area contributed by atoms with E-state index in [2.05, 4.69) is 4.74 Å². The van der Waals surface area contributed by atoms with E-state index in [1.165, 1.54) is 13.2 Å². The summed E-state index contributed by atoms with van der Waals surface area (Å²) in [5.41, 5.74) is 0.295. The first-order valence-corrected chi connectivity index (χ1v) is 5.33.